The summed E-state index contributed by atoms with van der Waals surface area (Å²) in [7, 11) is 1.90. The minimum absolute atomic E-state index is 0.0781. The van der Waals surface area contributed by atoms with Gasteiger partial charge in [0, 0.05) is 24.9 Å². The zero-order chi connectivity index (χ0) is 13.5. The first-order chi connectivity index (χ1) is 8.56. The highest BCUT2D eigenvalue weighted by Gasteiger charge is 2.11. The largest absolute Gasteiger partial charge is 0.478 e. The Balaban J connectivity index is 3.02. The van der Waals surface area contributed by atoms with Crippen molar-refractivity contribution in [1.82, 2.24) is 0 Å². The number of hydrogen-bond donors (Lipinski definition) is 1. The summed E-state index contributed by atoms with van der Waals surface area (Å²) in [6, 6.07) is 9.72. The summed E-state index contributed by atoms with van der Waals surface area (Å²) in [6.45, 7) is 1.96. The van der Waals surface area contributed by atoms with Crippen LogP contribution in [0.3, 0.4) is 0 Å². The second-order valence-corrected chi connectivity index (χ2v) is 4.05. The third kappa shape index (κ3) is 3.63. The number of benzene rings is 1. The first-order valence-electron chi connectivity index (χ1n) is 5.66. The van der Waals surface area contributed by atoms with Crippen LogP contribution in [0.2, 0.25) is 0 Å². The highest BCUT2D eigenvalue weighted by atomic mass is 16.4. The van der Waals surface area contributed by atoms with Crippen molar-refractivity contribution in [1.29, 1.82) is 5.26 Å². The van der Waals surface area contributed by atoms with Gasteiger partial charge < -0.3 is 10.0 Å². The van der Waals surface area contributed by atoms with Gasteiger partial charge in [0.15, 0.2) is 0 Å². The van der Waals surface area contributed by atoms with Gasteiger partial charge in [0.25, 0.3) is 0 Å². The van der Waals surface area contributed by atoms with E-state index in [0.29, 0.717) is 6.42 Å². The second-order valence-electron chi connectivity index (χ2n) is 4.05. The molecule has 1 N–H and O–H groups in total. The van der Waals surface area contributed by atoms with Crippen molar-refractivity contribution in [3.8, 4) is 6.07 Å². The third-order valence-corrected chi connectivity index (χ3v) is 2.77. The van der Waals surface area contributed by atoms with E-state index in [1.54, 1.807) is 6.08 Å². The summed E-state index contributed by atoms with van der Waals surface area (Å²) in [5.41, 5.74) is 1.74. The van der Waals surface area contributed by atoms with Gasteiger partial charge in [-0.05, 0) is 24.6 Å². The SMILES string of the molecule is CC(CC#N)N(C)c1ccccc1/C=C/C(=O)O. The summed E-state index contributed by atoms with van der Waals surface area (Å²) in [5, 5.41) is 17.4. The molecule has 0 saturated carbocycles. The highest BCUT2D eigenvalue weighted by molar-refractivity contribution is 5.87. The normalized spacial score (nSPS) is 12.1. The van der Waals surface area contributed by atoms with Gasteiger partial charge in [0.1, 0.15) is 0 Å². The lowest BCUT2D eigenvalue weighted by Gasteiger charge is -2.26. The van der Waals surface area contributed by atoms with Crippen LogP contribution in [-0.4, -0.2) is 24.2 Å². The number of aliphatic carboxylic acids is 1. The topological polar surface area (TPSA) is 64.3 Å². The Labute approximate surface area is 107 Å². The minimum Gasteiger partial charge on any atom is -0.478 e. The number of para-hydroxylation sites is 1. The molecule has 0 bridgehead atoms. The summed E-state index contributed by atoms with van der Waals surface area (Å²) < 4.78 is 0. The molecule has 94 valence electrons. The van der Waals surface area contributed by atoms with Crippen LogP contribution in [0.25, 0.3) is 6.08 Å². The van der Waals surface area contributed by atoms with Gasteiger partial charge >= 0.3 is 5.97 Å². The first kappa shape index (κ1) is 13.8. The van der Waals surface area contributed by atoms with Crippen molar-refractivity contribution >= 4 is 17.7 Å². The molecule has 1 aromatic carbocycles. The molecule has 1 rings (SSSR count). The maximum absolute atomic E-state index is 10.5. The Kier molecular flexibility index (Phi) is 4.94. The smallest absolute Gasteiger partial charge is 0.328 e. The van der Waals surface area contributed by atoms with Crippen molar-refractivity contribution in [2.75, 3.05) is 11.9 Å². The van der Waals surface area contributed by atoms with Crippen LogP contribution in [0, 0.1) is 11.3 Å². The molecule has 18 heavy (non-hydrogen) atoms. The van der Waals surface area contributed by atoms with E-state index in [2.05, 4.69) is 6.07 Å². The van der Waals surface area contributed by atoms with E-state index in [0.717, 1.165) is 17.3 Å². The summed E-state index contributed by atoms with van der Waals surface area (Å²) in [6.07, 6.45) is 3.10. The number of carboxylic acid groups (broad SMARTS) is 1. The number of anilines is 1. The molecule has 0 amide bonds. The van der Waals surface area contributed by atoms with E-state index in [1.807, 2.05) is 43.1 Å². The van der Waals surface area contributed by atoms with Gasteiger partial charge in [-0.1, -0.05) is 18.2 Å². The molecule has 1 atom stereocenters. The molecule has 1 unspecified atom stereocenters. The van der Waals surface area contributed by atoms with Crippen LogP contribution in [0.1, 0.15) is 18.9 Å². The van der Waals surface area contributed by atoms with Gasteiger partial charge in [-0.2, -0.15) is 5.26 Å². The molecule has 0 heterocycles. The summed E-state index contributed by atoms with van der Waals surface area (Å²) in [4.78, 5) is 12.5. The van der Waals surface area contributed by atoms with Crippen molar-refractivity contribution in [2.24, 2.45) is 0 Å². The quantitative estimate of drug-likeness (QED) is 0.808. The molecule has 0 aliphatic rings. The lowest BCUT2D eigenvalue weighted by atomic mass is 10.1. The molecule has 0 aliphatic heterocycles. The van der Waals surface area contributed by atoms with Crippen LogP contribution in [0.15, 0.2) is 30.3 Å². The zero-order valence-electron chi connectivity index (χ0n) is 10.5. The molecule has 0 aliphatic carbocycles. The molecule has 0 aromatic heterocycles. The molecule has 0 radical (unpaired) electrons. The Hall–Kier alpha value is -2.28. The maximum Gasteiger partial charge on any atom is 0.328 e. The zero-order valence-corrected chi connectivity index (χ0v) is 10.5. The Morgan fingerprint density at radius 2 is 2.22 bits per heavy atom. The van der Waals surface area contributed by atoms with E-state index in [-0.39, 0.29) is 6.04 Å². The summed E-state index contributed by atoms with van der Waals surface area (Å²) >= 11 is 0. The van der Waals surface area contributed by atoms with E-state index < -0.39 is 5.97 Å². The number of rotatable bonds is 5. The lowest BCUT2D eigenvalue weighted by molar-refractivity contribution is -0.131. The monoisotopic (exact) mass is 244 g/mol. The Morgan fingerprint density at radius 3 is 2.83 bits per heavy atom. The second kappa shape index (κ2) is 6.45. The van der Waals surface area contributed by atoms with Crippen molar-refractivity contribution in [3.63, 3.8) is 0 Å². The molecule has 0 spiro atoms. The van der Waals surface area contributed by atoms with Gasteiger partial charge in [0.2, 0.25) is 0 Å². The van der Waals surface area contributed by atoms with Gasteiger partial charge in [0.05, 0.1) is 12.5 Å². The van der Waals surface area contributed by atoms with Crippen molar-refractivity contribution < 1.29 is 9.90 Å². The molecule has 4 nitrogen and oxygen atoms in total. The molecule has 0 saturated heterocycles. The van der Waals surface area contributed by atoms with Crippen LogP contribution in [0.4, 0.5) is 5.69 Å². The fourth-order valence-electron chi connectivity index (χ4n) is 1.62. The fraction of sp³-hybridized carbons (Fsp3) is 0.286. The van der Waals surface area contributed by atoms with Gasteiger partial charge in [-0.25, -0.2) is 4.79 Å². The van der Waals surface area contributed by atoms with E-state index in [1.165, 1.54) is 0 Å². The van der Waals surface area contributed by atoms with Crippen molar-refractivity contribution in [3.05, 3.63) is 35.9 Å². The number of hydrogen-bond acceptors (Lipinski definition) is 3. The Bertz CT molecular complexity index is 489. The third-order valence-electron chi connectivity index (χ3n) is 2.77. The lowest BCUT2D eigenvalue weighted by Crippen LogP contribution is -2.28. The van der Waals surface area contributed by atoms with Gasteiger partial charge in [-0.15, -0.1) is 0 Å². The van der Waals surface area contributed by atoms with Crippen LogP contribution >= 0.6 is 0 Å². The molecule has 4 heteroatoms. The van der Waals surface area contributed by atoms with Crippen LogP contribution in [-0.2, 0) is 4.79 Å². The van der Waals surface area contributed by atoms with Crippen molar-refractivity contribution in [2.45, 2.75) is 19.4 Å². The average Bonchev–Trinajstić information content (AvgIpc) is 2.36. The molecule has 1 aromatic rings. The predicted molar refractivity (Wildman–Crippen MR) is 71.2 cm³/mol. The minimum atomic E-state index is -0.975. The van der Waals surface area contributed by atoms with Gasteiger partial charge in [-0.3, -0.25) is 0 Å². The summed E-state index contributed by atoms with van der Waals surface area (Å²) in [5.74, 6) is -0.975. The number of carbonyl (C=O) groups is 1. The molecule has 0 fully saturated rings. The number of nitrogens with zero attached hydrogens (tertiary/aromatic N) is 2. The number of nitriles is 1. The maximum atomic E-state index is 10.5. The first-order valence-corrected chi connectivity index (χ1v) is 5.66. The van der Waals surface area contributed by atoms with E-state index in [4.69, 9.17) is 10.4 Å². The average molecular weight is 244 g/mol. The highest BCUT2D eigenvalue weighted by Crippen LogP contribution is 2.23. The predicted octanol–water partition coefficient (Wildman–Crippen LogP) is 2.52. The number of carboxylic acids is 1. The molecular weight excluding hydrogens is 228 g/mol. The van der Waals surface area contributed by atoms with E-state index in [9.17, 15) is 4.79 Å². The standard InChI is InChI=1S/C14H16N2O2/c1-11(9-10-15)16(2)13-6-4-3-5-12(13)7-8-14(17)18/h3-8,11H,9H2,1-2H3,(H,17,18)/b8-7+. The van der Waals surface area contributed by atoms with E-state index >= 15 is 0 Å². The molecular formula is C14H16N2O2. The fourth-order valence-corrected chi connectivity index (χ4v) is 1.62. The van der Waals surface area contributed by atoms with Crippen LogP contribution < -0.4 is 4.90 Å². The van der Waals surface area contributed by atoms with Crippen LogP contribution in [0.5, 0.6) is 0 Å². The Morgan fingerprint density at radius 1 is 1.56 bits per heavy atom.